The minimum Gasteiger partial charge on any atom is -0.448 e. The molecular formula is C18H17N5O3S. The number of hydrogen-bond acceptors (Lipinski definition) is 7. The van der Waals surface area contributed by atoms with Crippen molar-refractivity contribution in [1.82, 2.24) is 20.2 Å². The molecule has 0 saturated heterocycles. The fourth-order valence-electron chi connectivity index (χ4n) is 3.58. The van der Waals surface area contributed by atoms with Gasteiger partial charge in [0, 0.05) is 24.6 Å². The lowest BCUT2D eigenvalue weighted by Crippen LogP contribution is -2.40. The van der Waals surface area contributed by atoms with E-state index < -0.39 is 5.79 Å². The molecule has 1 fully saturated rings. The number of thiophene rings is 1. The summed E-state index contributed by atoms with van der Waals surface area (Å²) in [7, 11) is 0. The molecule has 1 aliphatic heterocycles. The van der Waals surface area contributed by atoms with Gasteiger partial charge in [-0.25, -0.2) is 0 Å². The van der Waals surface area contributed by atoms with E-state index in [9.17, 15) is 4.79 Å². The number of nitrogens with zero attached hydrogens (tertiary/aromatic N) is 4. The van der Waals surface area contributed by atoms with Gasteiger partial charge in [0.15, 0.2) is 11.5 Å². The third-order valence-corrected chi connectivity index (χ3v) is 5.76. The maximum Gasteiger partial charge on any atom is 0.267 e. The molecule has 3 heterocycles. The molecule has 1 spiro atoms. The van der Waals surface area contributed by atoms with E-state index in [1.54, 1.807) is 0 Å². The molecule has 0 bridgehead atoms. The monoisotopic (exact) mass is 383 g/mol. The Balaban J connectivity index is 1.35. The number of nitrogens with one attached hydrogen (secondary N) is 1. The maximum atomic E-state index is 12.7. The molecular weight excluding hydrogens is 366 g/mol. The molecule has 1 aliphatic carbocycles. The summed E-state index contributed by atoms with van der Waals surface area (Å²) in [6.45, 7) is 0. The Morgan fingerprint density at radius 2 is 2.00 bits per heavy atom. The second-order valence-corrected chi connectivity index (χ2v) is 7.60. The van der Waals surface area contributed by atoms with Crippen LogP contribution in [0.5, 0.6) is 11.5 Å². The normalized spacial score (nSPS) is 17.2. The molecule has 0 radical (unpaired) electrons. The second kappa shape index (κ2) is 6.34. The van der Waals surface area contributed by atoms with Crippen molar-refractivity contribution in [3.63, 3.8) is 0 Å². The average molecular weight is 383 g/mol. The summed E-state index contributed by atoms with van der Waals surface area (Å²) in [5.41, 5.74) is 1.30. The zero-order valence-electron chi connectivity index (χ0n) is 14.4. The summed E-state index contributed by atoms with van der Waals surface area (Å²) >= 11 is 1.33. The highest BCUT2D eigenvalue weighted by Gasteiger charge is 2.42. The van der Waals surface area contributed by atoms with Crippen LogP contribution in [0.4, 0.5) is 5.69 Å². The van der Waals surface area contributed by atoms with Gasteiger partial charge in [-0.3, -0.25) is 4.79 Å². The number of hydrogen-bond donors (Lipinski definition) is 1. The van der Waals surface area contributed by atoms with Crippen molar-refractivity contribution >= 4 is 22.9 Å². The molecule has 9 heteroatoms. The predicted molar refractivity (Wildman–Crippen MR) is 98.5 cm³/mol. The maximum absolute atomic E-state index is 12.7. The Morgan fingerprint density at radius 1 is 1.15 bits per heavy atom. The topological polar surface area (TPSA) is 91.2 Å². The molecule has 5 rings (SSSR count). The first-order valence-corrected chi connectivity index (χ1v) is 9.75. The summed E-state index contributed by atoms with van der Waals surface area (Å²) in [4.78, 5) is 13.3. The van der Waals surface area contributed by atoms with Crippen molar-refractivity contribution in [2.24, 2.45) is 0 Å². The number of rotatable bonds is 3. The standard InChI is InChI=1S/C18H17N5O3S/c24-17(16-13(6-9-27-16)23-11-19-21-22-23)20-12-4-5-14-15(10-12)26-18(25-14)7-2-1-3-8-18/h4-6,9-11H,1-3,7-8H2,(H,20,24). The zero-order chi connectivity index (χ0) is 18.3. The van der Waals surface area contributed by atoms with Gasteiger partial charge in [0.25, 0.3) is 11.7 Å². The van der Waals surface area contributed by atoms with Crippen molar-refractivity contribution in [1.29, 1.82) is 0 Å². The van der Waals surface area contributed by atoms with E-state index in [1.165, 1.54) is 28.8 Å². The van der Waals surface area contributed by atoms with Crippen LogP contribution in [0.25, 0.3) is 5.69 Å². The van der Waals surface area contributed by atoms with Crippen molar-refractivity contribution in [2.75, 3.05) is 5.32 Å². The number of carbonyl (C=O) groups excluding carboxylic acids is 1. The van der Waals surface area contributed by atoms with E-state index in [2.05, 4.69) is 20.8 Å². The van der Waals surface area contributed by atoms with E-state index in [1.807, 2.05) is 29.6 Å². The SMILES string of the molecule is O=C(Nc1ccc2c(c1)OC1(CCCCC1)O2)c1sccc1-n1cnnn1. The number of fused-ring (bicyclic) bond motifs is 1. The number of ether oxygens (including phenoxy) is 2. The highest BCUT2D eigenvalue weighted by molar-refractivity contribution is 7.12. The van der Waals surface area contributed by atoms with Crippen molar-refractivity contribution in [3.05, 3.63) is 40.8 Å². The van der Waals surface area contributed by atoms with E-state index in [0.29, 0.717) is 22.0 Å². The zero-order valence-corrected chi connectivity index (χ0v) is 15.2. The Hall–Kier alpha value is -2.94. The molecule has 27 heavy (non-hydrogen) atoms. The van der Waals surface area contributed by atoms with Gasteiger partial charge >= 0.3 is 0 Å². The number of benzene rings is 1. The van der Waals surface area contributed by atoms with E-state index in [-0.39, 0.29) is 5.91 Å². The molecule has 1 N–H and O–H groups in total. The molecule has 1 aromatic carbocycles. The molecule has 1 amide bonds. The first kappa shape index (κ1) is 16.2. The Bertz CT molecular complexity index is 979. The van der Waals surface area contributed by atoms with E-state index in [4.69, 9.17) is 9.47 Å². The second-order valence-electron chi connectivity index (χ2n) is 6.68. The lowest BCUT2D eigenvalue weighted by atomic mass is 9.94. The number of tetrazole rings is 1. The van der Waals surface area contributed by atoms with Crippen LogP contribution in [-0.4, -0.2) is 31.9 Å². The third-order valence-electron chi connectivity index (χ3n) is 4.86. The summed E-state index contributed by atoms with van der Waals surface area (Å²) in [5, 5.41) is 15.8. The van der Waals surface area contributed by atoms with Gasteiger partial charge in [0.05, 0.1) is 5.69 Å². The Morgan fingerprint density at radius 3 is 2.81 bits per heavy atom. The highest BCUT2D eigenvalue weighted by Crippen LogP contribution is 2.46. The fourth-order valence-corrected chi connectivity index (χ4v) is 4.35. The molecule has 0 atom stereocenters. The molecule has 2 aromatic heterocycles. The van der Waals surface area contributed by atoms with Gasteiger partial charge in [0.1, 0.15) is 11.2 Å². The molecule has 0 unspecified atom stereocenters. The number of carbonyl (C=O) groups is 1. The third kappa shape index (κ3) is 2.93. The van der Waals surface area contributed by atoms with Crippen molar-refractivity contribution in [3.8, 4) is 17.2 Å². The van der Waals surface area contributed by atoms with Crippen LogP contribution in [-0.2, 0) is 0 Å². The molecule has 138 valence electrons. The van der Waals surface area contributed by atoms with Crippen LogP contribution < -0.4 is 14.8 Å². The van der Waals surface area contributed by atoms with Gasteiger partial charge in [-0.15, -0.1) is 16.4 Å². The van der Waals surface area contributed by atoms with Crippen LogP contribution in [0.1, 0.15) is 41.8 Å². The minimum absolute atomic E-state index is 0.221. The number of anilines is 1. The molecule has 8 nitrogen and oxygen atoms in total. The summed E-state index contributed by atoms with van der Waals surface area (Å²) < 4.78 is 13.7. The van der Waals surface area contributed by atoms with E-state index in [0.717, 1.165) is 31.4 Å². The number of aromatic nitrogens is 4. The van der Waals surface area contributed by atoms with Gasteiger partial charge in [-0.05, 0) is 46.8 Å². The minimum atomic E-state index is -0.524. The highest BCUT2D eigenvalue weighted by atomic mass is 32.1. The van der Waals surface area contributed by atoms with Crippen LogP contribution in [0, 0.1) is 0 Å². The number of amides is 1. The predicted octanol–water partition coefficient (Wildman–Crippen LogP) is 3.41. The van der Waals surface area contributed by atoms with Gasteiger partial charge in [-0.2, -0.15) is 4.68 Å². The van der Waals surface area contributed by atoms with Crippen molar-refractivity contribution in [2.45, 2.75) is 37.9 Å². The Labute approximate surface area is 159 Å². The summed E-state index contributed by atoms with van der Waals surface area (Å²) in [6, 6.07) is 7.31. The van der Waals surface area contributed by atoms with Crippen LogP contribution in [0.3, 0.4) is 0 Å². The average Bonchev–Trinajstić information content (AvgIpc) is 3.41. The molecule has 1 saturated carbocycles. The fraction of sp³-hybridized carbons (Fsp3) is 0.333. The van der Waals surface area contributed by atoms with Crippen LogP contribution in [0.2, 0.25) is 0 Å². The van der Waals surface area contributed by atoms with E-state index >= 15 is 0 Å². The molecule has 2 aliphatic rings. The molecule has 3 aromatic rings. The van der Waals surface area contributed by atoms with Gasteiger partial charge in [-0.1, -0.05) is 6.42 Å². The van der Waals surface area contributed by atoms with Crippen molar-refractivity contribution < 1.29 is 14.3 Å². The van der Waals surface area contributed by atoms with Crippen LogP contribution >= 0.6 is 11.3 Å². The summed E-state index contributed by atoms with van der Waals surface area (Å²) in [6.07, 6.45) is 6.69. The lowest BCUT2D eigenvalue weighted by Gasteiger charge is -2.31. The lowest BCUT2D eigenvalue weighted by molar-refractivity contribution is -0.105. The van der Waals surface area contributed by atoms with Crippen LogP contribution in [0.15, 0.2) is 36.0 Å². The first-order chi connectivity index (χ1) is 13.2. The van der Waals surface area contributed by atoms with Gasteiger partial charge in [0.2, 0.25) is 0 Å². The summed E-state index contributed by atoms with van der Waals surface area (Å²) in [5.74, 6) is 0.674. The smallest absolute Gasteiger partial charge is 0.267 e. The largest absolute Gasteiger partial charge is 0.448 e. The first-order valence-electron chi connectivity index (χ1n) is 8.87. The van der Waals surface area contributed by atoms with Gasteiger partial charge < -0.3 is 14.8 Å². The quantitative estimate of drug-likeness (QED) is 0.745. The Kier molecular flexibility index (Phi) is 3.82.